The van der Waals surface area contributed by atoms with Gasteiger partial charge in [-0.15, -0.1) is 0 Å². The van der Waals surface area contributed by atoms with E-state index in [0.717, 1.165) is 5.69 Å². The number of para-hydroxylation sites is 1. The molecule has 0 aliphatic carbocycles. The molecule has 108 valence electrons. The fourth-order valence-corrected chi connectivity index (χ4v) is 2.50. The van der Waals surface area contributed by atoms with Gasteiger partial charge >= 0.3 is 0 Å². The highest BCUT2D eigenvalue weighted by Crippen LogP contribution is 2.26. The first kappa shape index (κ1) is 14.5. The number of rotatable bonds is 3. The number of pyridine rings is 1. The maximum Gasteiger partial charge on any atom is 0.264 e. The lowest BCUT2D eigenvalue weighted by molar-refractivity contribution is 0.0998. The van der Waals surface area contributed by atoms with Crippen molar-refractivity contribution < 1.29 is 4.79 Å². The number of hydrogen-bond donors (Lipinski definition) is 0. The fourth-order valence-electron chi connectivity index (χ4n) is 2.16. The molecule has 3 nitrogen and oxygen atoms in total. The van der Waals surface area contributed by atoms with Crippen molar-refractivity contribution in [3.05, 3.63) is 89.0 Å². The number of nitrogens with zero attached hydrogens (tertiary/aromatic N) is 2. The largest absolute Gasteiger partial charge is 0.268 e. The third-order valence-corrected chi connectivity index (χ3v) is 3.61. The summed E-state index contributed by atoms with van der Waals surface area (Å²) in [6.45, 7) is 0. The number of amides is 1. The molecule has 0 saturated carbocycles. The van der Waals surface area contributed by atoms with E-state index in [9.17, 15) is 4.79 Å². The van der Waals surface area contributed by atoms with Crippen LogP contribution in [0.3, 0.4) is 0 Å². The molecule has 0 radical (unpaired) electrons. The highest BCUT2D eigenvalue weighted by atomic mass is 79.9. The van der Waals surface area contributed by atoms with Gasteiger partial charge in [-0.3, -0.25) is 9.69 Å². The Kier molecular flexibility index (Phi) is 4.30. The maximum absolute atomic E-state index is 12.9. The Bertz CT molecular complexity index is 775. The van der Waals surface area contributed by atoms with E-state index in [2.05, 4.69) is 20.9 Å². The molecule has 0 unspecified atom stereocenters. The van der Waals surface area contributed by atoms with E-state index in [0.29, 0.717) is 16.0 Å². The van der Waals surface area contributed by atoms with Gasteiger partial charge in [-0.2, -0.15) is 0 Å². The van der Waals surface area contributed by atoms with Crippen LogP contribution in [0.15, 0.2) is 83.5 Å². The zero-order valence-corrected chi connectivity index (χ0v) is 13.3. The molecule has 3 rings (SSSR count). The molecular formula is C18H13BrN2O. The average Bonchev–Trinajstić information content (AvgIpc) is 2.57. The van der Waals surface area contributed by atoms with Crippen LogP contribution < -0.4 is 4.90 Å². The zero-order chi connectivity index (χ0) is 15.4. The van der Waals surface area contributed by atoms with Gasteiger partial charge in [0, 0.05) is 5.56 Å². The summed E-state index contributed by atoms with van der Waals surface area (Å²) < 4.78 is 0.687. The molecule has 0 fully saturated rings. The lowest BCUT2D eigenvalue weighted by Crippen LogP contribution is -2.26. The zero-order valence-electron chi connectivity index (χ0n) is 11.7. The number of carbonyl (C=O) groups is 1. The first-order chi connectivity index (χ1) is 10.8. The van der Waals surface area contributed by atoms with Crippen LogP contribution in [0.5, 0.6) is 0 Å². The SMILES string of the molecule is O=C(c1ccccc1)N(c1ccccc1)c1cccc(Br)n1. The van der Waals surface area contributed by atoms with Crippen LogP contribution in [0.1, 0.15) is 10.4 Å². The van der Waals surface area contributed by atoms with Crippen molar-refractivity contribution in [2.75, 3.05) is 4.90 Å². The Morgan fingerprint density at radius 2 is 1.45 bits per heavy atom. The van der Waals surface area contributed by atoms with Gasteiger partial charge in [-0.1, -0.05) is 42.5 Å². The molecule has 0 aliphatic rings. The summed E-state index contributed by atoms with van der Waals surface area (Å²) in [7, 11) is 0. The summed E-state index contributed by atoms with van der Waals surface area (Å²) in [4.78, 5) is 19.0. The molecule has 2 aromatic carbocycles. The summed E-state index contributed by atoms with van der Waals surface area (Å²) in [5.74, 6) is 0.465. The molecule has 0 spiro atoms. The third-order valence-electron chi connectivity index (χ3n) is 3.17. The van der Waals surface area contributed by atoms with Gasteiger partial charge < -0.3 is 0 Å². The number of hydrogen-bond acceptors (Lipinski definition) is 2. The Labute approximate surface area is 137 Å². The van der Waals surface area contributed by atoms with Crippen molar-refractivity contribution in [1.29, 1.82) is 0 Å². The van der Waals surface area contributed by atoms with Gasteiger partial charge in [0.15, 0.2) is 0 Å². The minimum atomic E-state index is -0.114. The summed E-state index contributed by atoms with van der Waals surface area (Å²) in [5.41, 5.74) is 1.40. The van der Waals surface area contributed by atoms with Gasteiger partial charge in [0.05, 0.1) is 5.69 Å². The first-order valence-corrected chi connectivity index (χ1v) is 7.62. The predicted octanol–water partition coefficient (Wildman–Crippen LogP) is 4.82. The second kappa shape index (κ2) is 6.54. The van der Waals surface area contributed by atoms with E-state index < -0.39 is 0 Å². The molecule has 0 N–H and O–H groups in total. The van der Waals surface area contributed by atoms with Crippen molar-refractivity contribution in [3.8, 4) is 0 Å². The summed E-state index contributed by atoms with van der Waals surface area (Å²) in [6.07, 6.45) is 0. The van der Waals surface area contributed by atoms with Crippen molar-refractivity contribution in [3.63, 3.8) is 0 Å². The first-order valence-electron chi connectivity index (χ1n) is 6.83. The van der Waals surface area contributed by atoms with Crippen LogP contribution in [-0.4, -0.2) is 10.9 Å². The van der Waals surface area contributed by atoms with E-state index in [4.69, 9.17) is 0 Å². The fraction of sp³-hybridized carbons (Fsp3) is 0. The number of anilines is 2. The molecule has 0 atom stereocenters. The molecular weight excluding hydrogens is 340 g/mol. The van der Waals surface area contributed by atoms with Crippen LogP contribution in [0, 0.1) is 0 Å². The Morgan fingerprint density at radius 3 is 2.09 bits per heavy atom. The lowest BCUT2D eigenvalue weighted by Gasteiger charge is -2.22. The van der Waals surface area contributed by atoms with Crippen molar-refractivity contribution in [2.24, 2.45) is 0 Å². The lowest BCUT2D eigenvalue weighted by atomic mass is 10.1. The minimum absolute atomic E-state index is 0.114. The Balaban J connectivity index is 2.10. The molecule has 0 bridgehead atoms. The number of carbonyl (C=O) groups excluding carboxylic acids is 1. The van der Waals surface area contributed by atoms with Gasteiger partial charge in [-0.05, 0) is 52.3 Å². The average molecular weight is 353 g/mol. The molecule has 4 heteroatoms. The number of aromatic nitrogens is 1. The highest BCUT2D eigenvalue weighted by molar-refractivity contribution is 9.10. The summed E-state index contributed by atoms with van der Waals surface area (Å²) >= 11 is 3.36. The van der Waals surface area contributed by atoms with Crippen molar-refractivity contribution >= 4 is 33.3 Å². The van der Waals surface area contributed by atoms with Gasteiger partial charge in [0.2, 0.25) is 0 Å². The normalized spacial score (nSPS) is 10.2. The van der Waals surface area contributed by atoms with E-state index in [1.165, 1.54) is 0 Å². The van der Waals surface area contributed by atoms with Crippen molar-refractivity contribution in [2.45, 2.75) is 0 Å². The minimum Gasteiger partial charge on any atom is -0.268 e. The standard InChI is InChI=1S/C18H13BrN2O/c19-16-12-7-13-17(20-16)21(15-10-5-2-6-11-15)18(22)14-8-3-1-4-9-14/h1-13H. The smallest absolute Gasteiger partial charge is 0.264 e. The predicted molar refractivity (Wildman–Crippen MR) is 91.3 cm³/mol. The van der Waals surface area contributed by atoms with E-state index in [1.807, 2.05) is 66.7 Å². The van der Waals surface area contributed by atoms with Gasteiger partial charge in [0.1, 0.15) is 10.4 Å². The topological polar surface area (TPSA) is 33.2 Å². The Hall–Kier alpha value is -2.46. The van der Waals surface area contributed by atoms with Gasteiger partial charge in [-0.25, -0.2) is 4.98 Å². The van der Waals surface area contributed by atoms with Crippen LogP contribution >= 0.6 is 15.9 Å². The van der Waals surface area contributed by atoms with Crippen LogP contribution in [-0.2, 0) is 0 Å². The molecule has 0 aliphatic heterocycles. The Morgan fingerprint density at radius 1 is 0.818 bits per heavy atom. The second-order valence-electron chi connectivity index (χ2n) is 4.66. The second-order valence-corrected chi connectivity index (χ2v) is 5.47. The monoisotopic (exact) mass is 352 g/mol. The summed E-state index contributed by atoms with van der Waals surface area (Å²) in [6, 6.07) is 24.2. The maximum atomic E-state index is 12.9. The molecule has 0 saturated heterocycles. The van der Waals surface area contributed by atoms with Crippen LogP contribution in [0.2, 0.25) is 0 Å². The third kappa shape index (κ3) is 3.07. The molecule has 1 aromatic heterocycles. The van der Waals surface area contributed by atoms with Crippen LogP contribution in [0.4, 0.5) is 11.5 Å². The molecule has 3 aromatic rings. The number of benzene rings is 2. The molecule has 1 heterocycles. The van der Waals surface area contributed by atoms with E-state index in [1.54, 1.807) is 17.0 Å². The number of halogens is 1. The van der Waals surface area contributed by atoms with E-state index >= 15 is 0 Å². The van der Waals surface area contributed by atoms with Crippen LogP contribution in [0.25, 0.3) is 0 Å². The highest BCUT2D eigenvalue weighted by Gasteiger charge is 2.20. The summed E-state index contributed by atoms with van der Waals surface area (Å²) in [5, 5.41) is 0. The van der Waals surface area contributed by atoms with E-state index in [-0.39, 0.29) is 5.91 Å². The van der Waals surface area contributed by atoms with Gasteiger partial charge in [0.25, 0.3) is 5.91 Å². The quantitative estimate of drug-likeness (QED) is 0.633. The van der Waals surface area contributed by atoms with Crippen molar-refractivity contribution in [1.82, 2.24) is 4.98 Å². The molecule has 1 amide bonds. The molecule has 22 heavy (non-hydrogen) atoms.